The van der Waals surface area contributed by atoms with Crippen LogP contribution in [0.25, 0.3) is 5.82 Å². The second kappa shape index (κ2) is 5.59. The van der Waals surface area contributed by atoms with Gasteiger partial charge in [0.15, 0.2) is 5.82 Å². The van der Waals surface area contributed by atoms with Crippen molar-refractivity contribution in [1.82, 2.24) is 20.0 Å². The molecule has 2 aromatic heterocycles. The number of rotatable bonds is 6. The third-order valence-electron chi connectivity index (χ3n) is 4.05. The number of nitrogens with one attached hydrogen (secondary N) is 1. The molecule has 23 heavy (non-hydrogen) atoms. The molecule has 1 N–H and O–H groups in total. The summed E-state index contributed by atoms with van der Waals surface area (Å²) < 4.78 is 24.7. The predicted octanol–water partition coefficient (Wildman–Crippen LogP) is 1.52. The van der Waals surface area contributed by atoms with Gasteiger partial charge in [-0.2, -0.15) is 5.10 Å². The molecular formula is C15H21N5O2S. The van der Waals surface area contributed by atoms with Crippen LogP contribution in [0.3, 0.4) is 0 Å². The van der Waals surface area contributed by atoms with Crippen LogP contribution in [0.15, 0.2) is 18.2 Å². The molecule has 0 radical (unpaired) electrons. The molecule has 1 saturated carbocycles. The lowest BCUT2D eigenvalue weighted by Crippen LogP contribution is -2.24. The molecule has 0 aromatic carbocycles. The standard InChI is InChI=1S/C15H21N5O2S/c1-11-8-12(2)20(19-11)14-5-4-13(17-18-14)16-9-15(6-7-15)10-23(3,21)22/h4-5,8H,6-7,9-10H2,1-3H3,(H,16,17). The molecular weight excluding hydrogens is 314 g/mol. The summed E-state index contributed by atoms with van der Waals surface area (Å²) in [6, 6.07) is 5.68. The first-order valence-corrected chi connectivity index (χ1v) is 9.61. The SMILES string of the molecule is Cc1cc(C)n(-c2ccc(NCC3(CS(C)(=O)=O)CC3)nn2)n1. The third kappa shape index (κ3) is 3.87. The molecule has 0 bridgehead atoms. The van der Waals surface area contributed by atoms with E-state index >= 15 is 0 Å². The summed E-state index contributed by atoms with van der Waals surface area (Å²) in [5, 5.41) is 15.9. The van der Waals surface area contributed by atoms with E-state index in [1.807, 2.05) is 32.0 Å². The number of hydrogen-bond acceptors (Lipinski definition) is 6. The maximum absolute atomic E-state index is 11.5. The normalized spacial score (nSPS) is 16.3. The van der Waals surface area contributed by atoms with E-state index in [-0.39, 0.29) is 11.2 Å². The van der Waals surface area contributed by atoms with Gasteiger partial charge in [-0.25, -0.2) is 13.1 Å². The average molecular weight is 335 g/mol. The summed E-state index contributed by atoms with van der Waals surface area (Å²) in [5.41, 5.74) is 1.80. The highest BCUT2D eigenvalue weighted by molar-refractivity contribution is 7.90. The van der Waals surface area contributed by atoms with E-state index in [2.05, 4.69) is 20.6 Å². The molecule has 0 atom stereocenters. The third-order valence-corrected chi connectivity index (χ3v) is 5.18. The summed E-state index contributed by atoms with van der Waals surface area (Å²) in [6.07, 6.45) is 3.16. The number of aryl methyl sites for hydroxylation is 2. The molecule has 1 aliphatic rings. The Morgan fingerprint density at radius 3 is 2.48 bits per heavy atom. The minimum Gasteiger partial charge on any atom is -0.368 e. The fourth-order valence-electron chi connectivity index (χ4n) is 2.78. The average Bonchev–Trinajstić information content (AvgIpc) is 3.12. The van der Waals surface area contributed by atoms with Gasteiger partial charge in [0.1, 0.15) is 15.7 Å². The van der Waals surface area contributed by atoms with Crippen LogP contribution in [0.4, 0.5) is 5.82 Å². The van der Waals surface area contributed by atoms with E-state index in [0.29, 0.717) is 18.2 Å². The molecule has 1 aliphatic carbocycles. The van der Waals surface area contributed by atoms with E-state index in [1.165, 1.54) is 6.26 Å². The zero-order chi connectivity index (χ0) is 16.7. The molecule has 2 heterocycles. The van der Waals surface area contributed by atoms with E-state index in [9.17, 15) is 8.42 Å². The van der Waals surface area contributed by atoms with Crippen LogP contribution in [0.1, 0.15) is 24.2 Å². The van der Waals surface area contributed by atoms with Gasteiger partial charge in [0, 0.05) is 23.9 Å². The topological polar surface area (TPSA) is 89.8 Å². The number of aromatic nitrogens is 4. The summed E-state index contributed by atoms with van der Waals surface area (Å²) in [4.78, 5) is 0. The quantitative estimate of drug-likeness (QED) is 0.861. The zero-order valence-electron chi connectivity index (χ0n) is 13.6. The van der Waals surface area contributed by atoms with Crippen molar-refractivity contribution in [1.29, 1.82) is 0 Å². The van der Waals surface area contributed by atoms with E-state index in [1.54, 1.807) is 4.68 Å². The number of sulfone groups is 1. The molecule has 0 amide bonds. The molecule has 124 valence electrons. The van der Waals surface area contributed by atoms with E-state index < -0.39 is 9.84 Å². The summed E-state index contributed by atoms with van der Waals surface area (Å²) >= 11 is 0. The minimum atomic E-state index is -2.96. The second-order valence-electron chi connectivity index (χ2n) is 6.54. The van der Waals surface area contributed by atoms with Crippen LogP contribution in [0.2, 0.25) is 0 Å². The van der Waals surface area contributed by atoms with Gasteiger partial charge in [-0.1, -0.05) is 0 Å². The Labute approximate surface area is 136 Å². The van der Waals surface area contributed by atoms with Crippen LogP contribution in [-0.4, -0.2) is 46.9 Å². The Kier molecular flexibility index (Phi) is 3.87. The summed E-state index contributed by atoms with van der Waals surface area (Å²) in [6.45, 7) is 4.51. The smallest absolute Gasteiger partial charge is 0.176 e. The lowest BCUT2D eigenvalue weighted by atomic mass is 10.1. The molecule has 0 unspecified atom stereocenters. The monoisotopic (exact) mass is 335 g/mol. The number of anilines is 1. The molecule has 0 spiro atoms. The molecule has 2 aromatic rings. The van der Waals surface area contributed by atoms with Crippen molar-refractivity contribution in [3.8, 4) is 5.82 Å². The Bertz CT molecular complexity index is 807. The molecule has 7 nitrogen and oxygen atoms in total. The largest absolute Gasteiger partial charge is 0.368 e. The molecule has 8 heteroatoms. The minimum absolute atomic E-state index is 0.135. The summed E-state index contributed by atoms with van der Waals surface area (Å²) in [7, 11) is -2.96. The first-order valence-electron chi connectivity index (χ1n) is 7.55. The first kappa shape index (κ1) is 15.9. The van der Waals surface area contributed by atoms with Gasteiger partial charge in [-0.3, -0.25) is 0 Å². The van der Waals surface area contributed by atoms with Crippen molar-refractivity contribution in [2.24, 2.45) is 5.41 Å². The van der Waals surface area contributed by atoms with Crippen LogP contribution in [0.5, 0.6) is 0 Å². The Hall–Kier alpha value is -1.96. The van der Waals surface area contributed by atoms with Crippen molar-refractivity contribution in [3.05, 3.63) is 29.6 Å². The maximum atomic E-state index is 11.5. The first-order chi connectivity index (χ1) is 10.8. The van der Waals surface area contributed by atoms with Gasteiger partial charge >= 0.3 is 0 Å². The van der Waals surface area contributed by atoms with Crippen molar-refractivity contribution in [2.45, 2.75) is 26.7 Å². The Balaban J connectivity index is 1.66. The lowest BCUT2D eigenvalue weighted by Gasteiger charge is -2.15. The number of nitrogens with zero attached hydrogens (tertiary/aromatic N) is 4. The van der Waals surface area contributed by atoms with Gasteiger partial charge in [-0.15, -0.1) is 10.2 Å². The molecule has 1 fully saturated rings. The second-order valence-corrected chi connectivity index (χ2v) is 8.68. The van der Waals surface area contributed by atoms with Crippen LogP contribution in [-0.2, 0) is 9.84 Å². The molecule has 3 rings (SSSR count). The maximum Gasteiger partial charge on any atom is 0.176 e. The van der Waals surface area contributed by atoms with Crippen molar-refractivity contribution >= 4 is 15.7 Å². The van der Waals surface area contributed by atoms with E-state index in [4.69, 9.17) is 0 Å². The van der Waals surface area contributed by atoms with Gasteiger partial charge < -0.3 is 5.32 Å². The predicted molar refractivity (Wildman–Crippen MR) is 88.5 cm³/mol. The van der Waals surface area contributed by atoms with Gasteiger partial charge in [0.05, 0.1) is 11.4 Å². The molecule has 0 saturated heterocycles. The van der Waals surface area contributed by atoms with Crippen LogP contribution >= 0.6 is 0 Å². The highest BCUT2D eigenvalue weighted by Gasteiger charge is 2.45. The highest BCUT2D eigenvalue weighted by atomic mass is 32.2. The van der Waals surface area contributed by atoms with Crippen molar-refractivity contribution < 1.29 is 8.42 Å². The van der Waals surface area contributed by atoms with Crippen molar-refractivity contribution in [3.63, 3.8) is 0 Å². The summed E-state index contributed by atoms with van der Waals surface area (Å²) in [5.74, 6) is 1.54. The van der Waals surface area contributed by atoms with E-state index in [0.717, 1.165) is 24.2 Å². The zero-order valence-corrected chi connectivity index (χ0v) is 14.4. The fraction of sp³-hybridized carbons (Fsp3) is 0.533. The Morgan fingerprint density at radius 1 is 1.26 bits per heavy atom. The van der Waals surface area contributed by atoms with Gasteiger partial charge in [-0.05, 0) is 44.9 Å². The lowest BCUT2D eigenvalue weighted by molar-refractivity contribution is 0.560. The van der Waals surface area contributed by atoms with Crippen LogP contribution in [0, 0.1) is 19.3 Å². The highest BCUT2D eigenvalue weighted by Crippen LogP contribution is 2.46. The molecule has 0 aliphatic heterocycles. The van der Waals surface area contributed by atoms with Crippen molar-refractivity contribution in [2.75, 3.05) is 23.9 Å². The fourth-order valence-corrected chi connectivity index (χ4v) is 4.28. The van der Waals surface area contributed by atoms with Gasteiger partial charge in [0.2, 0.25) is 0 Å². The van der Waals surface area contributed by atoms with Crippen LogP contribution < -0.4 is 5.32 Å². The Morgan fingerprint density at radius 2 is 2.00 bits per heavy atom. The number of hydrogen-bond donors (Lipinski definition) is 1. The van der Waals surface area contributed by atoms with Gasteiger partial charge in [0.25, 0.3) is 0 Å².